The quantitative estimate of drug-likeness (QED) is 0.729. The third kappa shape index (κ3) is 3.98. The molecule has 116 valence electrons. The SMILES string of the molecule is CCCC1CC(NCC2CC2)CN(C(CC)C2CC2)C1. The lowest BCUT2D eigenvalue weighted by molar-refractivity contribution is 0.0802. The van der Waals surface area contributed by atoms with Crippen LogP contribution in [0.15, 0.2) is 0 Å². The van der Waals surface area contributed by atoms with E-state index in [9.17, 15) is 0 Å². The van der Waals surface area contributed by atoms with Crippen LogP contribution in [0.25, 0.3) is 0 Å². The molecule has 0 bridgehead atoms. The van der Waals surface area contributed by atoms with Crippen LogP contribution < -0.4 is 5.32 Å². The first kappa shape index (κ1) is 14.8. The summed E-state index contributed by atoms with van der Waals surface area (Å²) in [5.41, 5.74) is 0. The molecule has 1 heterocycles. The van der Waals surface area contributed by atoms with Crippen molar-refractivity contribution in [2.75, 3.05) is 19.6 Å². The monoisotopic (exact) mass is 278 g/mol. The Morgan fingerprint density at radius 3 is 2.45 bits per heavy atom. The van der Waals surface area contributed by atoms with Gasteiger partial charge in [-0.2, -0.15) is 0 Å². The summed E-state index contributed by atoms with van der Waals surface area (Å²) >= 11 is 0. The molecule has 1 saturated heterocycles. The van der Waals surface area contributed by atoms with E-state index < -0.39 is 0 Å². The maximum atomic E-state index is 3.90. The molecular formula is C18H34N2. The number of nitrogens with one attached hydrogen (secondary N) is 1. The number of likely N-dealkylation sites (tertiary alicyclic amines) is 1. The maximum Gasteiger partial charge on any atom is 0.0198 e. The van der Waals surface area contributed by atoms with Gasteiger partial charge in [-0.3, -0.25) is 4.90 Å². The van der Waals surface area contributed by atoms with Gasteiger partial charge in [-0.1, -0.05) is 20.3 Å². The minimum absolute atomic E-state index is 0.772. The molecule has 20 heavy (non-hydrogen) atoms. The summed E-state index contributed by atoms with van der Waals surface area (Å²) in [6.07, 6.45) is 11.5. The average molecular weight is 278 g/mol. The number of piperidine rings is 1. The van der Waals surface area contributed by atoms with Gasteiger partial charge in [0.15, 0.2) is 0 Å². The topological polar surface area (TPSA) is 15.3 Å². The molecule has 0 aromatic heterocycles. The second kappa shape index (κ2) is 6.79. The first-order chi connectivity index (χ1) is 9.80. The highest BCUT2D eigenvalue weighted by Crippen LogP contribution is 2.38. The summed E-state index contributed by atoms with van der Waals surface area (Å²) in [5, 5.41) is 3.90. The van der Waals surface area contributed by atoms with Crippen molar-refractivity contribution in [1.82, 2.24) is 10.2 Å². The van der Waals surface area contributed by atoms with Gasteiger partial charge in [-0.05, 0) is 69.2 Å². The van der Waals surface area contributed by atoms with Gasteiger partial charge in [0.05, 0.1) is 0 Å². The molecule has 0 radical (unpaired) electrons. The number of hydrogen-bond donors (Lipinski definition) is 1. The first-order valence-electron chi connectivity index (χ1n) is 9.27. The molecule has 3 atom stereocenters. The molecule has 0 spiro atoms. The van der Waals surface area contributed by atoms with E-state index in [1.807, 2.05) is 0 Å². The van der Waals surface area contributed by atoms with E-state index in [1.54, 1.807) is 0 Å². The van der Waals surface area contributed by atoms with Gasteiger partial charge in [0.2, 0.25) is 0 Å². The Hall–Kier alpha value is -0.0800. The Morgan fingerprint density at radius 1 is 1.05 bits per heavy atom. The fourth-order valence-electron chi connectivity index (χ4n) is 4.30. The molecule has 2 aliphatic carbocycles. The molecule has 0 aromatic carbocycles. The summed E-state index contributed by atoms with van der Waals surface area (Å²) in [7, 11) is 0. The number of nitrogens with zero attached hydrogens (tertiary/aromatic N) is 1. The Labute approximate surface area is 125 Å². The minimum atomic E-state index is 0.772. The fraction of sp³-hybridized carbons (Fsp3) is 1.00. The van der Waals surface area contributed by atoms with Crippen LogP contribution in [0.1, 0.15) is 65.2 Å². The van der Waals surface area contributed by atoms with Gasteiger partial charge in [0.1, 0.15) is 0 Å². The molecule has 3 rings (SSSR count). The van der Waals surface area contributed by atoms with Crippen molar-refractivity contribution in [2.45, 2.75) is 77.3 Å². The van der Waals surface area contributed by atoms with Crippen LogP contribution in [0, 0.1) is 17.8 Å². The van der Waals surface area contributed by atoms with Gasteiger partial charge in [0, 0.05) is 25.2 Å². The van der Waals surface area contributed by atoms with E-state index in [-0.39, 0.29) is 0 Å². The van der Waals surface area contributed by atoms with E-state index in [0.717, 1.165) is 29.8 Å². The predicted molar refractivity (Wildman–Crippen MR) is 85.9 cm³/mol. The van der Waals surface area contributed by atoms with Crippen LogP contribution in [0.5, 0.6) is 0 Å². The van der Waals surface area contributed by atoms with Crippen molar-refractivity contribution in [1.29, 1.82) is 0 Å². The van der Waals surface area contributed by atoms with Crippen LogP contribution in [0.3, 0.4) is 0 Å². The first-order valence-corrected chi connectivity index (χ1v) is 9.27. The van der Waals surface area contributed by atoms with Crippen LogP contribution >= 0.6 is 0 Å². The van der Waals surface area contributed by atoms with Crippen molar-refractivity contribution in [3.05, 3.63) is 0 Å². The lowest BCUT2D eigenvalue weighted by atomic mass is 9.88. The maximum absolute atomic E-state index is 3.90. The molecule has 2 heteroatoms. The zero-order chi connectivity index (χ0) is 13.9. The van der Waals surface area contributed by atoms with E-state index in [4.69, 9.17) is 0 Å². The summed E-state index contributed by atoms with van der Waals surface area (Å²) in [6, 6.07) is 1.66. The van der Waals surface area contributed by atoms with Crippen LogP contribution in [0.4, 0.5) is 0 Å². The van der Waals surface area contributed by atoms with Crippen molar-refractivity contribution >= 4 is 0 Å². The van der Waals surface area contributed by atoms with Crippen molar-refractivity contribution in [3.63, 3.8) is 0 Å². The number of rotatable bonds is 8. The Balaban J connectivity index is 1.55. The van der Waals surface area contributed by atoms with Gasteiger partial charge < -0.3 is 5.32 Å². The molecular weight excluding hydrogens is 244 g/mol. The average Bonchev–Trinajstić information content (AvgIpc) is 3.31. The fourth-order valence-corrected chi connectivity index (χ4v) is 4.30. The van der Waals surface area contributed by atoms with Gasteiger partial charge in [-0.25, -0.2) is 0 Å². The van der Waals surface area contributed by atoms with E-state index in [0.29, 0.717) is 0 Å². The summed E-state index contributed by atoms with van der Waals surface area (Å²) in [5.74, 6) is 2.99. The van der Waals surface area contributed by atoms with Crippen molar-refractivity contribution < 1.29 is 0 Å². The van der Waals surface area contributed by atoms with Gasteiger partial charge in [0.25, 0.3) is 0 Å². The standard InChI is InChI=1S/C18H34N2/c1-3-5-15-10-17(19-11-14-6-7-14)13-20(12-15)18(4-2)16-8-9-16/h14-19H,3-13H2,1-2H3. The molecule has 0 aromatic rings. The normalized spacial score (nSPS) is 33.3. The largest absolute Gasteiger partial charge is 0.312 e. The third-order valence-electron chi connectivity index (χ3n) is 5.71. The molecule has 1 aliphatic heterocycles. The second-order valence-corrected chi connectivity index (χ2v) is 7.71. The summed E-state index contributed by atoms with van der Waals surface area (Å²) in [4.78, 5) is 2.87. The molecule has 3 fully saturated rings. The summed E-state index contributed by atoms with van der Waals surface area (Å²) < 4.78 is 0. The minimum Gasteiger partial charge on any atom is -0.312 e. The highest BCUT2D eigenvalue weighted by atomic mass is 15.2. The molecule has 3 unspecified atom stereocenters. The smallest absolute Gasteiger partial charge is 0.0198 e. The third-order valence-corrected chi connectivity index (χ3v) is 5.71. The Bertz CT molecular complexity index is 296. The van der Waals surface area contributed by atoms with E-state index >= 15 is 0 Å². The number of hydrogen-bond acceptors (Lipinski definition) is 2. The lowest BCUT2D eigenvalue weighted by Crippen LogP contribution is -2.53. The van der Waals surface area contributed by atoms with Gasteiger partial charge >= 0.3 is 0 Å². The zero-order valence-electron chi connectivity index (χ0n) is 13.6. The lowest BCUT2D eigenvalue weighted by Gasteiger charge is -2.42. The van der Waals surface area contributed by atoms with Crippen LogP contribution in [-0.4, -0.2) is 36.6 Å². The molecule has 3 aliphatic rings. The van der Waals surface area contributed by atoms with E-state index in [2.05, 4.69) is 24.1 Å². The molecule has 1 N–H and O–H groups in total. The van der Waals surface area contributed by atoms with Crippen LogP contribution in [0.2, 0.25) is 0 Å². The Morgan fingerprint density at radius 2 is 1.85 bits per heavy atom. The van der Waals surface area contributed by atoms with E-state index in [1.165, 1.54) is 71.0 Å². The van der Waals surface area contributed by atoms with Crippen LogP contribution in [-0.2, 0) is 0 Å². The Kier molecular flexibility index (Phi) is 5.04. The molecule has 0 amide bonds. The molecule has 2 nitrogen and oxygen atoms in total. The zero-order valence-corrected chi connectivity index (χ0v) is 13.6. The predicted octanol–water partition coefficient (Wildman–Crippen LogP) is 3.67. The highest BCUT2D eigenvalue weighted by molar-refractivity contribution is 4.93. The van der Waals surface area contributed by atoms with Crippen molar-refractivity contribution in [2.24, 2.45) is 17.8 Å². The van der Waals surface area contributed by atoms with Crippen molar-refractivity contribution in [3.8, 4) is 0 Å². The van der Waals surface area contributed by atoms with Gasteiger partial charge in [-0.15, -0.1) is 0 Å². The molecule has 2 saturated carbocycles. The summed E-state index contributed by atoms with van der Waals surface area (Å²) in [6.45, 7) is 8.74. The second-order valence-electron chi connectivity index (χ2n) is 7.71. The highest BCUT2D eigenvalue weighted by Gasteiger charge is 2.38.